The van der Waals surface area contributed by atoms with Crippen LogP contribution in [0.25, 0.3) is 0 Å². The summed E-state index contributed by atoms with van der Waals surface area (Å²) in [7, 11) is 0. The van der Waals surface area contributed by atoms with Crippen LogP contribution < -0.4 is 10.6 Å². The lowest BCUT2D eigenvalue weighted by atomic mass is 10.1. The number of nitrogens with one attached hydrogen (secondary N) is 3. The second kappa shape index (κ2) is 7.19. The lowest BCUT2D eigenvalue weighted by Gasteiger charge is -2.20. The van der Waals surface area contributed by atoms with Gasteiger partial charge in [0.2, 0.25) is 5.91 Å². The normalized spacial score (nSPS) is 11.8. The Bertz CT molecular complexity index is 818. The molecule has 3 aromatic rings. The third-order valence-corrected chi connectivity index (χ3v) is 3.83. The molecule has 3 rings (SSSR count). The number of benzene rings is 2. The van der Waals surface area contributed by atoms with Gasteiger partial charge in [-0.2, -0.15) is 0 Å². The maximum Gasteiger partial charge on any atom is 0.221 e. The first-order valence-electron chi connectivity index (χ1n) is 7.51. The number of amides is 1. The fourth-order valence-corrected chi connectivity index (χ4v) is 2.69. The van der Waals surface area contributed by atoms with Gasteiger partial charge in [0.1, 0.15) is 11.9 Å². The molecule has 0 saturated heterocycles. The van der Waals surface area contributed by atoms with E-state index >= 15 is 0 Å². The molecular formula is C18H17ClN4O. The smallest absolute Gasteiger partial charge is 0.221 e. The largest absolute Gasteiger partial charge is 0.370 e. The summed E-state index contributed by atoms with van der Waals surface area (Å²) in [6.07, 6.45) is 3.50. The summed E-state index contributed by atoms with van der Waals surface area (Å²) in [6, 6.07) is 15.2. The van der Waals surface area contributed by atoms with Crippen LogP contribution in [-0.2, 0) is 4.79 Å². The van der Waals surface area contributed by atoms with Crippen molar-refractivity contribution in [3.8, 4) is 0 Å². The summed E-state index contributed by atoms with van der Waals surface area (Å²) >= 11 is 6.36. The number of rotatable bonds is 5. The van der Waals surface area contributed by atoms with Gasteiger partial charge in [0.05, 0.1) is 10.7 Å². The predicted molar refractivity (Wildman–Crippen MR) is 96.3 cm³/mol. The lowest BCUT2D eigenvalue weighted by Crippen LogP contribution is -2.14. The standard InChI is InChI=1S/C18H17ClN4O/c1-12(24)22-14-7-8-16(15(19)11-14)23-17(18-20-9-10-21-18)13-5-3-2-4-6-13/h2-11,17,23H,1H3,(H,20,21)(H,22,24)/t17-/m0/s1. The Hall–Kier alpha value is -2.79. The summed E-state index contributed by atoms with van der Waals surface area (Å²) in [4.78, 5) is 18.6. The molecule has 1 aromatic heterocycles. The van der Waals surface area contributed by atoms with Gasteiger partial charge in [-0.05, 0) is 23.8 Å². The van der Waals surface area contributed by atoms with Crippen LogP contribution >= 0.6 is 11.6 Å². The summed E-state index contributed by atoms with van der Waals surface area (Å²) in [6.45, 7) is 1.46. The Morgan fingerprint density at radius 1 is 1.21 bits per heavy atom. The minimum absolute atomic E-state index is 0.135. The number of aromatic nitrogens is 2. The highest BCUT2D eigenvalue weighted by atomic mass is 35.5. The average molecular weight is 341 g/mol. The molecule has 1 amide bonds. The number of carbonyl (C=O) groups excluding carboxylic acids is 1. The zero-order valence-corrected chi connectivity index (χ0v) is 13.8. The first kappa shape index (κ1) is 16.1. The predicted octanol–water partition coefficient (Wildman–Crippen LogP) is 4.22. The highest BCUT2D eigenvalue weighted by molar-refractivity contribution is 6.33. The van der Waals surface area contributed by atoms with Gasteiger partial charge in [-0.3, -0.25) is 4.79 Å². The molecule has 1 heterocycles. The molecule has 3 N–H and O–H groups in total. The van der Waals surface area contributed by atoms with Crippen LogP contribution in [0.2, 0.25) is 5.02 Å². The molecule has 2 aromatic carbocycles. The van der Waals surface area contributed by atoms with Crippen LogP contribution in [0.4, 0.5) is 11.4 Å². The van der Waals surface area contributed by atoms with Crippen LogP contribution in [0, 0.1) is 0 Å². The van der Waals surface area contributed by atoms with E-state index in [-0.39, 0.29) is 11.9 Å². The van der Waals surface area contributed by atoms with E-state index in [0.29, 0.717) is 10.7 Å². The molecule has 0 bridgehead atoms. The lowest BCUT2D eigenvalue weighted by molar-refractivity contribution is -0.114. The molecule has 0 aliphatic rings. The number of H-pyrrole nitrogens is 1. The van der Waals surface area contributed by atoms with Crippen molar-refractivity contribution in [1.29, 1.82) is 0 Å². The van der Waals surface area contributed by atoms with Crippen LogP contribution in [0.3, 0.4) is 0 Å². The summed E-state index contributed by atoms with van der Waals surface area (Å²) < 4.78 is 0. The molecule has 0 fully saturated rings. The van der Waals surface area contributed by atoms with Gasteiger partial charge in [-0.25, -0.2) is 4.98 Å². The Morgan fingerprint density at radius 2 is 2.00 bits per heavy atom. The Morgan fingerprint density at radius 3 is 2.62 bits per heavy atom. The van der Waals surface area contributed by atoms with E-state index in [1.165, 1.54) is 6.92 Å². The number of anilines is 2. The fraction of sp³-hybridized carbons (Fsp3) is 0.111. The third kappa shape index (κ3) is 3.75. The van der Waals surface area contributed by atoms with Crippen LogP contribution in [0.5, 0.6) is 0 Å². The van der Waals surface area contributed by atoms with Crippen molar-refractivity contribution >= 4 is 28.9 Å². The molecule has 122 valence electrons. The molecular weight excluding hydrogens is 324 g/mol. The van der Waals surface area contributed by atoms with Crippen molar-refractivity contribution < 1.29 is 4.79 Å². The van der Waals surface area contributed by atoms with Gasteiger partial charge in [0.15, 0.2) is 0 Å². The average Bonchev–Trinajstić information content (AvgIpc) is 3.08. The van der Waals surface area contributed by atoms with Gasteiger partial charge in [-0.15, -0.1) is 0 Å². The van der Waals surface area contributed by atoms with E-state index < -0.39 is 0 Å². The number of aromatic amines is 1. The molecule has 24 heavy (non-hydrogen) atoms. The molecule has 0 saturated carbocycles. The molecule has 5 nitrogen and oxygen atoms in total. The zero-order chi connectivity index (χ0) is 16.9. The molecule has 0 spiro atoms. The summed E-state index contributed by atoms with van der Waals surface area (Å²) in [5, 5.41) is 6.65. The highest BCUT2D eigenvalue weighted by Crippen LogP contribution is 2.31. The van der Waals surface area contributed by atoms with Crippen molar-refractivity contribution in [2.24, 2.45) is 0 Å². The molecule has 6 heteroatoms. The van der Waals surface area contributed by atoms with Gasteiger partial charge >= 0.3 is 0 Å². The van der Waals surface area contributed by atoms with E-state index in [0.717, 1.165) is 17.1 Å². The maximum absolute atomic E-state index is 11.1. The zero-order valence-electron chi connectivity index (χ0n) is 13.1. The number of nitrogens with zero attached hydrogens (tertiary/aromatic N) is 1. The van der Waals surface area contributed by atoms with Crippen LogP contribution in [0.15, 0.2) is 60.9 Å². The van der Waals surface area contributed by atoms with Crippen LogP contribution in [0.1, 0.15) is 24.4 Å². The van der Waals surface area contributed by atoms with E-state index in [2.05, 4.69) is 20.6 Å². The summed E-state index contributed by atoms with van der Waals surface area (Å²) in [5.41, 5.74) is 2.48. The van der Waals surface area contributed by atoms with Crippen molar-refractivity contribution in [1.82, 2.24) is 9.97 Å². The number of hydrogen-bond donors (Lipinski definition) is 3. The molecule has 0 aliphatic heterocycles. The van der Waals surface area contributed by atoms with Crippen LogP contribution in [-0.4, -0.2) is 15.9 Å². The van der Waals surface area contributed by atoms with Gasteiger partial charge < -0.3 is 15.6 Å². The van der Waals surface area contributed by atoms with Crippen molar-refractivity contribution in [2.45, 2.75) is 13.0 Å². The minimum atomic E-state index is -0.162. The van der Waals surface area contributed by atoms with Crippen molar-refractivity contribution in [3.05, 3.63) is 77.3 Å². The van der Waals surface area contributed by atoms with E-state index in [4.69, 9.17) is 11.6 Å². The first-order valence-corrected chi connectivity index (χ1v) is 7.89. The topological polar surface area (TPSA) is 69.8 Å². The number of hydrogen-bond acceptors (Lipinski definition) is 3. The summed E-state index contributed by atoms with van der Waals surface area (Å²) in [5.74, 6) is 0.660. The van der Waals surface area contributed by atoms with Gasteiger partial charge in [0.25, 0.3) is 0 Å². The Labute approximate surface area is 145 Å². The van der Waals surface area contributed by atoms with Gasteiger partial charge in [-0.1, -0.05) is 41.9 Å². The first-order chi connectivity index (χ1) is 11.6. The Kier molecular flexibility index (Phi) is 4.82. The van der Waals surface area contributed by atoms with Gasteiger partial charge in [0, 0.05) is 25.0 Å². The third-order valence-electron chi connectivity index (χ3n) is 3.52. The second-order valence-electron chi connectivity index (χ2n) is 5.34. The van der Waals surface area contributed by atoms with E-state index in [9.17, 15) is 4.79 Å². The monoisotopic (exact) mass is 340 g/mol. The molecule has 0 unspecified atom stereocenters. The minimum Gasteiger partial charge on any atom is -0.370 e. The van der Waals surface area contributed by atoms with Crippen molar-refractivity contribution in [2.75, 3.05) is 10.6 Å². The molecule has 0 radical (unpaired) electrons. The van der Waals surface area contributed by atoms with E-state index in [1.807, 2.05) is 36.4 Å². The molecule has 1 atom stereocenters. The maximum atomic E-state index is 11.1. The number of imidazole rings is 1. The SMILES string of the molecule is CC(=O)Nc1ccc(N[C@@H](c2ccccc2)c2ncc[nH]2)c(Cl)c1. The van der Waals surface area contributed by atoms with E-state index in [1.54, 1.807) is 24.5 Å². The highest BCUT2D eigenvalue weighted by Gasteiger charge is 2.17. The fourth-order valence-electron chi connectivity index (χ4n) is 2.46. The number of carbonyl (C=O) groups is 1. The second-order valence-corrected chi connectivity index (χ2v) is 5.75. The quantitative estimate of drug-likeness (QED) is 0.651. The Balaban J connectivity index is 1.90. The van der Waals surface area contributed by atoms with Crippen molar-refractivity contribution in [3.63, 3.8) is 0 Å². The number of halogens is 1. The molecule has 0 aliphatic carbocycles.